The van der Waals surface area contributed by atoms with Crippen molar-refractivity contribution in [3.05, 3.63) is 60.3 Å². The molecule has 4 heteroatoms. The molecule has 0 aliphatic carbocycles. The van der Waals surface area contributed by atoms with Gasteiger partial charge in [-0.3, -0.25) is 4.57 Å². The molecule has 124 valence electrons. The Morgan fingerprint density at radius 2 is 1.71 bits per heavy atom. The number of carbonyl (C=O) groups excluding carboxylic acids is 1. The van der Waals surface area contributed by atoms with E-state index < -0.39 is 5.60 Å². The molecule has 24 heavy (non-hydrogen) atoms. The number of hydrogen-bond donors (Lipinski definition) is 0. The molecule has 2 aromatic carbocycles. The number of rotatable bonds is 2. The molecule has 0 saturated carbocycles. The van der Waals surface area contributed by atoms with Crippen LogP contribution in [0.15, 0.2) is 64.5 Å². The zero-order chi connectivity index (χ0) is 17.3. The van der Waals surface area contributed by atoms with Crippen LogP contribution in [0.4, 0.5) is 4.79 Å². The Kier molecular flexibility index (Phi) is 4.41. The maximum atomic E-state index is 12.5. The van der Waals surface area contributed by atoms with Gasteiger partial charge in [0.2, 0.25) is 0 Å². The Balaban J connectivity index is 2.00. The van der Waals surface area contributed by atoms with E-state index in [0.29, 0.717) is 0 Å². The van der Waals surface area contributed by atoms with Gasteiger partial charge in [-0.1, -0.05) is 47.7 Å². The summed E-state index contributed by atoms with van der Waals surface area (Å²) in [7, 11) is 0. The molecule has 0 atom stereocenters. The lowest BCUT2D eigenvalue weighted by Crippen LogP contribution is -2.26. The zero-order valence-corrected chi connectivity index (χ0v) is 15.2. The predicted octanol–water partition coefficient (Wildman–Crippen LogP) is 5.88. The van der Waals surface area contributed by atoms with E-state index in [1.54, 1.807) is 16.3 Å². The van der Waals surface area contributed by atoms with Crippen molar-refractivity contribution in [1.29, 1.82) is 0 Å². The largest absolute Gasteiger partial charge is 0.443 e. The van der Waals surface area contributed by atoms with Crippen molar-refractivity contribution in [2.75, 3.05) is 0 Å². The fraction of sp³-hybridized carbons (Fsp3) is 0.250. The van der Waals surface area contributed by atoms with Gasteiger partial charge in [-0.2, -0.15) is 0 Å². The van der Waals surface area contributed by atoms with Gasteiger partial charge in [-0.25, -0.2) is 4.79 Å². The average molecular weight is 339 g/mol. The van der Waals surface area contributed by atoms with Gasteiger partial charge in [0.05, 0.1) is 5.52 Å². The number of benzene rings is 2. The lowest BCUT2D eigenvalue weighted by Gasteiger charge is -2.19. The van der Waals surface area contributed by atoms with Crippen LogP contribution >= 0.6 is 11.8 Å². The minimum absolute atomic E-state index is 0.352. The first kappa shape index (κ1) is 16.7. The summed E-state index contributed by atoms with van der Waals surface area (Å²) in [6, 6.07) is 16.3. The molecule has 1 aromatic heterocycles. The van der Waals surface area contributed by atoms with Crippen LogP contribution in [0.5, 0.6) is 0 Å². The molecule has 0 saturated heterocycles. The molecule has 0 spiro atoms. The zero-order valence-electron chi connectivity index (χ0n) is 14.4. The highest BCUT2D eigenvalue weighted by Crippen LogP contribution is 2.35. The van der Waals surface area contributed by atoms with Crippen molar-refractivity contribution >= 4 is 28.8 Å². The molecule has 0 radical (unpaired) electrons. The highest BCUT2D eigenvalue weighted by atomic mass is 32.2. The Labute approximate surface area is 146 Å². The van der Waals surface area contributed by atoms with Crippen LogP contribution < -0.4 is 0 Å². The predicted molar refractivity (Wildman–Crippen MR) is 98.9 cm³/mol. The second-order valence-corrected chi connectivity index (χ2v) is 7.89. The highest BCUT2D eigenvalue weighted by molar-refractivity contribution is 7.99. The van der Waals surface area contributed by atoms with Crippen LogP contribution in [0.2, 0.25) is 0 Å². The standard InChI is InChI=1S/C20H21NO2S/c1-14-9-11-15(12-10-14)24-18-13-21(19(22)23-20(2,3)4)17-8-6-5-7-16(17)18/h5-13H,1-4H3. The number of para-hydroxylation sites is 1. The van der Waals surface area contributed by atoms with Gasteiger partial charge in [0, 0.05) is 21.4 Å². The summed E-state index contributed by atoms with van der Waals surface area (Å²) < 4.78 is 7.12. The van der Waals surface area contributed by atoms with Crippen molar-refractivity contribution < 1.29 is 9.53 Å². The molecular formula is C20H21NO2S. The molecule has 3 rings (SSSR count). The van der Waals surface area contributed by atoms with Crippen LogP contribution in [-0.2, 0) is 4.74 Å². The maximum Gasteiger partial charge on any atom is 0.419 e. The van der Waals surface area contributed by atoms with Crippen LogP contribution in [0.1, 0.15) is 26.3 Å². The number of carbonyl (C=O) groups is 1. The van der Waals surface area contributed by atoms with E-state index in [-0.39, 0.29) is 6.09 Å². The first-order valence-corrected chi connectivity index (χ1v) is 8.73. The quantitative estimate of drug-likeness (QED) is 0.584. The van der Waals surface area contributed by atoms with E-state index in [1.807, 2.05) is 51.2 Å². The highest BCUT2D eigenvalue weighted by Gasteiger charge is 2.20. The lowest BCUT2D eigenvalue weighted by atomic mass is 10.2. The van der Waals surface area contributed by atoms with Gasteiger partial charge >= 0.3 is 6.09 Å². The van der Waals surface area contributed by atoms with Gasteiger partial charge in [0.25, 0.3) is 0 Å². The molecule has 3 nitrogen and oxygen atoms in total. The Morgan fingerprint density at radius 1 is 1.04 bits per heavy atom. The summed E-state index contributed by atoms with van der Waals surface area (Å²) in [5, 5.41) is 1.05. The van der Waals surface area contributed by atoms with Crippen LogP contribution in [-0.4, -0.2) is 16.3 Å². The molecule has 3 aromatic rings. The molecule has 0 aliphatic rings. The first-order valence-electron chi connectivity index (χ1n) is 7.91. The molecular weight excluding hydrogens is 318 g/mol. The van der Waals surface area contributed by atoms with E-state index >= 15 is 0 Å². The summed E-state index contributed by atoms with van der Waals surface area (Å²) >= 11 is 1.65. The smallest absolute Gasteiger partial charge is 0.419 e. The Hall–Kier alpha value is -2.20. The summed E-state index contributed by atoms with van der Waals surface area (Å²) in [6.07, 6.45) is 1.51. The normalized spacial score (nSPS) is 11.7. The topological polar surface area (TPSA) is 31.2 Å². The van der Waals surface area contributed by atoms with Crippen LogP contribution in [0.3, 0.4) is 0 Å². The van der Waals surface area contributed by atoms with Crippen molar-refractivity contribution in [3.63, 3.8) is 0 Å². The Bertz CT molecular complexity index is 873. The molecule has 0 bridgehead atoms. The number of hydrogen-bond acceptors (Lipinski definition) is 3. The van der Waals surface area contributed by atoms with Gasteiger partial charge < -0.3 is 4.74 Å². The van der Waals surface area contributed by atoms with Gasteiger partial charge in [-0.15, -0.1) is 0 Å². The minimum Gasteiger partial charge on any atom is -0.443 e. The fourth-order valence-corrected chi connectivity index (χ4v) is 3.39. The third kappa shape index (κ3) is 3.65. The average Bonchev–Trinajstić information content (AvgIpc) is 2.87. The van der Waals surface area contributed by atoms with Gasteiger partial charge in [0.1, 0.15) is 5.60 Å². The number of ether oxygens (including phenoxy) is 1. The van der Waals surface area contributed by atoms with Crippen molar-refractivity contribution in [1.82, 2.24) is 4.57 Å². The van der Waals surface area contributed by atoms with Crippen molar-refractivity contribution in [2.24, 2.45) is 0 Å². The lowest BCUT2D eigenvalue weighted by molar-refractivity contribution is 0.0544. The van der Waals surface area contributed by atoms with Gasteiger partial charge in [0.15, 0.2) is 0 Å². The second-order valence-electron chi connectivity index (χ2n) is 6.78. The SMILES string of the molecule is Cc1ccc(Sc2cn(C(=O)OC(C)(C)C)c3ccccc23)cc1. The van der Waals surface area contributed by atoms with Crippen LogP contribution in [0.25, 0.3) is 10.9 Å². The molecule has 0 amide bonds. The molecule has 0 N–H and O–H groups in total. The number of fused-ring (bicyclic) bond motifs is 1. The maximum absolute atomic E-state index is 12.5. The fourth-order valence-electron chi connectivity index (χ4n) is 2.43. The Morgan fingerprint density at radius 3 is 2.38 bits per heavy atom. The minimum atomic E-state index is -0.521. The molecule has 0 fully saturated rings. The summed E-state index contributed by atoms with van der Waals surface area (Å²) in [4.78, 5) is 14.7. The summed E-state index contributed by atoms with van der Waals surface area (Å²) in [5.41, 5.74) is 1.57. The monoisotopic (exact) mass is 339 g/mol. The van der Waals surface area contributed by atoms with E-state index in [9.17, 15) is 4.79 Å². The van der Waals surface area contributed by atoms with E-state index in [0.717, 1.165) is 20.7 Å². The second kappa shape index (κ2) is 6.36. The van der Waals surface area contributed by atoms with Gasteiger partial charge in [-0.05, 0) is 45.9 Å². The van der Waals surface area contributed by atoms with Crippen molar-refractivity contribution in [2.45, 2.75) is 43.1 Å². The van der Waals surface area contributed by atoms with E-state index in [4.69, 9.17) is 4.74 Å². The first-order chi connectivity index (χ1) is 11.3. The number of aromatic nitrogens is 1. The summed E-state index contributed by atoms with van der Waals surface area (Å²) in [5.74, 6) is 0. The van der Waals surface area contributed by atoms with E-state index in [1.165, 1.54) is 5.56 Å². The van der Waals surface area contributed by atoms with Crippen molar-refractivity contribution in [3.8, 4) is 0 Å². The van der Waals surface area contributed by atoms with E-state index in [2.05, 4.69) is 31.2 Å². The molecule has 1 heterocycles. The summed E-state index contributed by atoms with van der Waals surface area (Å²) in [6.45, 7) is 7.69. The molecule has 0 unspecified atom stereocenters. The third-order valence-electron chi connectivity index (χ3n) is 3.51. The number of aryl methyl sites for hydroxylation is 1. The third-order valence-corrected chi connectivity index (χ3v) is 4.57. The van der Waals surface area contributed by atoms with Crippen LogP contribution in [0, 0.1) is 6.92 Å². The molecule has 0 aliphatic heterocycles. The number of nitrogens with zero attached hydrogens (tertiary/aromatic N) is 1.